The molecule has 26 heavy (non-hydrogen) atoms. The highest BCUT2D eigenvalue weighted by molar-refractivity contribution is 5.25. The van der Waals surface area contributed by atoms with Gasteiger partial charge >= 0.3 is 6.18 Å². The van der Waals surface area contributed by atoms with Crippen molar-refractivity contribution >= 4 is 0 Å². The molecule has 3 nitrogen and oxygen atoms in total. The van der Waals surface area contributed by atoms with Crippen LogP contribution in [0.4, 0.5) is 13.2 Å². The van der Waals surface area contributed by atoms with Gasteiger partial charge in [-0.1, -0.05) is 57.6 Å². The first-order valence-corrected chi connectivity index (χ1v) is 9.27. The van der Waals surface area contributed by atoms with Crippen LogP contribution in [-0.4, -0.2) is 26.8 Å². The molecule has 0 saturated carbocycles. The van der Waals surface area contributed by atoms with Gasteiger partial charge in [0.1, 0.15) is 0 Å². The highest BCUT2D eigenvalue weighted by atomic mass is 19.4. The molecule has 0 aliphatic heterocycles. The van der Waals surface area contributed by atoms with Crippen molar-refractivity contribution in [2.75, 3.05) is 14.2 Å². The fourth-order valence-electron chi connectivity index (χ4n) is 2.83. The Morgan fingerprint density at radius 1 is 0.885 bits per heavy atom. The van der Waals surface area contributed by atoms with Crippen LogP contribution in [0.25, 0.3) is 0 Å². The van der Waals surface area contributed by atoms with E-state index >= 15 is 0 Å². The molecule has 1 aromatic carbocycles. The summed E-state index contributed by atoms with van der Waals surface area (Å²) in [7, 11) is 2.99. The standard InChI is InChI=1S/C20H31F3O3/c1-4-5-6-7-8-9-10-18(26-19(24-2)25-3)15-16-11-13-17(14-12-16)20(21,22)23/h11-14,18-19H,4-10,15H2,1-3H3. The molecule has 0 aliphatic carbocycles. The number of hydrogen-bond acceptors (Lipinski definition) is 3. The maximum atomic E-state index is 12.7. The first-order valence-electron chi connectivity index (χ1n) is 9.27. The molecular weight excluding hydrogens is 345 g/mol. The van der Waals surface area contributed by atoms with Gasteiger partial charge in [-0.05, 0) is 30.5 Å². The third-order valence-corrected chi connectivity index (χ3v) is 4.31. The summed E-state index contributed by atoms with van der Waals surface area (Å²) >= 11 is 0. The molecule has 1 atom stereocenters. The number of hydrogen-bond donors (Lipinski definition) is 0. The maximum absolute atomic E-state index is 12.7. The lowest BCUT2D eigenvalue weighted by molar-refractivity contribution is -0.284. The fraction of sp³-hybridized carbons (Fsp3) is 0.700. The lowest BCUT2D eigenvalue weighted by Gasteiger charge is -2.23. The molecular formula is C20H31F3O3. The Hall–Kier alpha value is -1.11. The van der Waals surface area contributed by atoms with Gasteiger partial charge in [-0.2, -0.15) is 13.2 Å². The van der Waals surface area contributed by atoms with Crippen LogP contribution in [0.2, 0.25) is 0 Å². The summed E-state index contributed by atoms with van der Waals surface area (Å²) in [6.07, 6.45) is 3.88. The second-order valence-electron chi connectivity index (χ2n) is 6.47. The van der Waals surface area contributed by atoms with Gasteiger partial charge in [0.05, 0.1) is 11.7 Å². The van der Waals surface area contributed by atoms with E-state index in [1.165, 1.54) is 52.0 Å². The van der Waals surface area contributed by atoms with Crippen molar-refractivity contribution in [3.8, 4) is 0 Å². The minimum Gasteiger partial charge on any atom is -0.333 e. The average molecular weight is 376 g/mol. The number of methoxy groups -OCH3 is 2. The molecule has 1 aromatic rings. The number of benzene rings is 1. The van der Waals surface area contributed by atoms with Gasteiger partial charge in [0.15, 0.2) is 0 Å². The minimum atomic E-state index is -4.32. The number of rotatable bonds is 13. The Morgan fingerprint density at radius 3 is 2.00 bits per heavy atom. The second-order valence-corrected chi connectivity index (χ2v) is 6.47. The quantitative estimate of drug-likeness (QED) is 0.314. The lowest BCUT2D eigenvalue weighted by Crippen LogP contribution is -2.27. The van der Waals surface area contributed by atoms with Crippen molar-refractivity contribution < 1.29 is 27.4 Å². The molecule has 6 heteroatoms. The topological polar surface area (TPSA) is 27.7 Å². The van der Waals surface area contributed by atoms with Gasteiger partial charge < -0.3 is 14.2 Å². The van der Waals surface area contributed by atoms with Crippen LogP contribution in [0, 0.1) is 0 Å². The molecule has 0 bridgehead atoms. The smallest absolute Gasteiger partial charge is 0.333 e. The van der Waals surface area contributed by atoms with E-state index in [0.29, 0.717) is 6.42 Å². The summed E-state index contributed by atoms with van der Waals surface area (Å²) in [5.74, 6) is 0. The van der Waals surface area contributed by atoms with Crippen molar-refractivity contribution in [2.24, 2.45) is 0 Å². The zero-order valence-corrected chi connectivity index (χ0v) is 16.0. The SMILES string of the molecule is CCCCCCCCC(Cc1ccc(C(F)(F)F)cc1)OC(OC)OC. The predicted octanol–water partition coefficient (Wildman–Crippen LogP) is 5.96. The molecule has 150 valence electrons. The van der Waals surface area contributed by atoms with Gasteiger partial charge in [-0.25, -0.2) is 0 Å². The molecule has 0 saturated heterocycles. The van der Waals surface area contributed by atoms with Crippen LogP contribution in [-0.2, 0) is 26.8 Å². The molecule has 0 aromatic heterocycles. The minimum absolute atomic E-state index is 0.164. The van der Waals surface area contributed by atoms with Crippen molar-refractivity contribution in [1.29, 1.82) is 0 Å². The van der Waals surface area contributed by atoms with Crippen molar-refractivity contribution in [3.05, 3.63) is 35.4 Å². The van der Waals surface area contributed by atoms with Gasteiger partial charge in [0.2, 0.25) is 0 Å². The summed E-state index contributed by atoms with van der Waals surface area (Å²) in [5.41, 5.74) is 0.168. The highest BCUT2D eigenvalue weighted by Crippen LogP contribution is 2.29. The number of unbranched alkanes of at least 4 members (excludes halogenated alkanes) is 5. The molecule has 0 radical (unpaired) electrons. The first-order chi connectivity index (χ1) is 12.4. The van der Waals surface area contributed by atoms with E-state index in [9.17, 15) is 13.2 Å². The Bertz CT molecular complexity index is 470. The monoisotopic (exact) mass is 376 g/mol. The van der Waals surface area contributed by atoms with Crippen LogP contribution in [0.15, 0.2) is 24.3 Å². The summed E-state index contributed by atoms with van der Waals surface area (Å²) < 4.78 is 54.1. The maximum Gasteiger partial charge on any atom is 0.416 e. The van der Waals surface area contributed by atoms with Crippen molar-refractivity contribution in [3.63, 3.8) is 0 Å². The van der Waals surface area contributed by atoms with E-state index in [4.69, 9.17) is 14.2 Å². The molecule has 0 amide bonds. The van der Waals surface area contributed by atoms with E-state index < -0.39 is 18.2 Å². The van der Waals surface area contributed by atoms with Gasteiger partial charge in [0.25, 0.3) is 6.48 Å². The molecule has 0 N–H and O–H groups in total. The summed E-state index contributed by atoms with van der Waals surface area (Å²) in [6.45, 7) is 1.42. The van der Waals surface area contributed by atoms with Crippen LogP contribution < -0.4 is 0 Å². The zero-order valence-electron chi connectivity index (χ0n) is 16.0. The number of halogens is 3. The number of ether oxygens (including phenoxy) is 3. The summed E-state index contributed by atoms with van der Waals surface area (Å²) in [4.78, 5) is 0. The van der Waals surface area contributed by atoms with Gasteiger partial charge in [-0.3, -0.25) is 0 Å². The Kier molecular flexibility index (Phi) is 10.9. The van der Waals surface area contributed by atoms with E-state index in [1.54, 1.807) is 0 Å². The van der Waals surface area contributed by atoms with E-state index in [2.05, 4.69) is 6.92 Å². The van der Waals surface area contributed by atoms with Crippen LogP contribution in [0.5, 0.6) is 0 Å². The third-order valence-electron chi connectivity index (χ3n) is 4.31. The van der Waals surface area contributed by atoms with E-state index in [0.717, 1.165) is 37.0 Å². The molecule has 0 spiro atoms. The highest BCUT2D eigenvalue weighted by Gasteiger charge is 2.30. The molecule has 0 fully saturated rings. The zero-order chi connectivity index (χ0) is 19.4. The molecule has 1 rings (SSSR count). The van der Waals surface area contributed by atoms with Gasteiger partial charge in [0, 0.05) is 14.2 Å². The Morgan fingerprint density at radius 2 is 1.46 bits per heavy atom. The normalized spacial score (nSPS) is 13.3. The Balaban J connectivity index is 2.60. The van der Waals surface area contributed by atoms with Gasteiger partial charge in [-0.15, -0.1) is 0 Å². The molecule has 1 unspecified atom stereocenters. The third kappa shape index (κ3) is 9.01. The van der Waals surface area contributed by atoms with Crippen LogP contribution in [0.3, 0.4) is 0 Å². The van der Waals surface area contributed by atoms with Crippen LogP contribution >= 0.6 is 0 Å². The van der Waals surface area contributed by atoms with E-state index in [-0.39, 0.29) is 6.10 Å². The summed E-state index contributed by atoms with van der Waals surface area (Å²) in [5, 5.41) is 0. The Labute approximate surface area is 154 Å². The lowest BCUT2D eigenvalue weighted by atomic mass is 10.0. The average Bonchev–Trinajstić information content (AvgIpc) is 2.61. The largest absolute Gasteiger partial charge is 0.416 e. The van der Waals surface area contributed by atoms with E-state index in [1.807, 2.05) is 0 Å². The van der Waals surface area contributed by atoms with Crippen molar-refractivity contribution in [2.45, 2.75) is 77.0 Å². The second kappa shape index (κ2) is 12.3. The first kappa shape index (κ1) is 22.9. The fourth-order valence-corrected chi connectivity index (χ4v) is 2.83. The van der Waals surface area contributed by atoms with Crippen molar-refractivity contribution in [1.82, 2.24) is 0 Å². The predicted molar refractivity (Wildman–Crippen MR) is 95.8 cm³/mol. The van der Waals surface area contributed by atoms with Crippen LogP contribution in [0.1, 0.15) is 63.0 Å². The molecule has 0 aliphatic rings. The summed E-state index contributed by atoms with van der Waals surface area (Å²) in [6, 6.07) is 5.24. The molecule has 0 heterocycles. The number of alkyl halides is 3.